The summed E-state index contributed by atoms with van der Waals surface area (Å²) in [6, 6.07) is 13.1. The highest BCUT2D eigenvalue weighted by Gasteiger charge is 2.17. The fourth-order valence-corrected chi connectivity index (χ4v) is 3.00. The van der Waals surface area contributed by atoms with Gasteiger partial charge >= 0.3 is 0 Å². The van der Waals surface area contributed by atoms with Crippen LogP contribution in [0.2, 0.25) is 5.02 Å². The maximum Gasteiger partial charge on any atom is 0.247 e. The molecule has 24 heavy (non-hydrogen) atoms. The molecule has 0 aliphatic heterocycles. The summed E-state index contributed by atoms with van der Waals surface area (Å²) in [5.74, 6) is 0.476. The van der Waals surface area contributed by atoms with Crippen LogP contribution in [0.4, 0.5) is 5.69 Å². The standard InChI is InChI=1S/C19H19ClN2O2/c1-12-4-6-17-14(10-12)8-9-22(17)13(2)19(23)21-15-5-7-18(24-3)16(20)11-15/h4-11,13H,1-3H3,(H,21,23). The van der Waals surface area contributed by atoms with Gasteiger partial charge in [-0.25, -0.2) is 0 Å². The van der Waals surface area contributed by atoms with Crippen molar-refractivity contribution in [2.75, 3.05) is 12.4 Å². The number of halogens is 1. The van der Waals surface area contributed by atoms with Crippen molar-refractivity contribution in [3.05, 3.63) is 59.2 Å². The van der Waals surface area contributed by atoms with Gasteiger partial charge in [0, 0.05) is 17.4 Å². The minimum Gasteiger partial charge on any atom is -0.495 e. The van der Waals surface area contributed by atoms with Gasteiger partial charge < -0.3 is 14.6 Å². The lowest BCUT2D eigenvalue weighted by Crippen LogP contribution is -2.23. The van der Waals surface area contributed by atoms with E-state index in [9.17, 15) is 4.79 Å². The molecule has 4 nitrogen and oxygen atoms in total. The molecule has 2 aromatic carbocycles. The highest BCUT2D eigenvalue weighted by Crippen LogP contribution is 2.28. The Kier molecular flexibility index (Phi) is 4.49. The second kappa shape index (κ2) is 6.57. The Morgan fingerprint density at radius 1 is 1.21 bits per heavy atom. The van der Waals surface area contributed by atoms with Crippen LogP contribution in [0, 0.1) is 6.92 Å². The minimum absolute atomic E-state index is 0.102. The van der Waals surface area contributed by atoms with E-state index in [1.165, 1.54) is 5.56 Å². The zero-order chi connectivity index (χ0) is 17.3. The van der Waals surface area contributed by atoms with Gasteiger partial charge in [0.25, 0.3) is 0 Å². The first-order valence-corrected chi connectivity index (χ1v) is 8.09. The Hall–Kier alpha value is -2.46. The molecule has 124 valence electrons. The highest BCUT2D eigenvalue weighted by atomic mass is 35.5. The van der Waals surface area contributed by atoms with E-state index < -0.39 is 0 Å². The Bertz CT molecular complexity index is 902. The molecule has 1 unspecified atom stereocenters. The van der Waals surface area contributed by atoms with Crippen molar-refractivity contribution >= 4 is 34.1 Å². The van der Waals surface area contributed by atoms with E-state index in [0.29, 0.717) is 16.5 Å². The molecule has 1 aromatic heterocycles. The molecule has 1 amide bonds. The van der Waals surface area contributed by atoms with E-state index >= 15 is 0 Å². The van der Waals surface area contributed by atoms with Crippen molar-refractivity contribution in [1.82, 2.24) is 4.57 Å². The Morgan fingerprint density at radius 2 is 2.00 bits per heavy atom. The average molecular weight is 343 g/mol. The summed E-state index contributed by atoms with van der Waals surface area (Å²) in [7, 11) is 1.56. The van der Waals surface area contributed by atoms with E-state index in [1.807, 2.05) is 35.9 Å². The van der Waals surface area contributed by atoms with Gasteiger partial charge in [-0.15, -0.1) is 0 Å². The third-order valence-electron chi connectivity index (χ3n) is 4.09. The van der Waals surface area contributed by atoms with Crippen molar-refractivity contribution in [1.29, 1.82) is 0 Å². The molecule has 0 aliphatic carbocycles. The summed E-state index contributed by atoms with van der Waals surface area (Å²) >= 11 is 6.10. The lowest BCUT2D eigenvalue weighted by molar-refractivity contribution is -0.118. The largest absolute Gasteiger partial charge is 0.495 e. The first-order valence-electron chi connectivity index (χ1n) is 7.71. The molecule has 0 spiro atoms. The summed E-state index contributed by atoms with van der Waals surface area (Å²) < 4.78 is 7.09. The topological polar surface area (TPSA) is 43.3 Å². The fraction of sp³-hybridized carbons (Fsp3) is 0.211. The number of nitrogens with zero attached hydrogens (tertiary/aromatic N) is 1. The van der Waals surface area contributed by atoms with Crippen molar-refractivity contribution < 1.29 is 9.53 Å². The number of hydrogen-bond acceptors (Lipinski definition) is 2. The number of aromatic nitrogens is 1. The number of amides is 1. The first kappa shape index (κ1) is 16.4. The molecule has 1 N–H and O–H groups in total. The smallest absolute Gasteiger partial charge is 0.247 e. The van der Waals surface area contributed by atoms with Crippen LogP contribution in [0.5, 0.6) is 5.75 Å². The summed E-state index contributed by atoms with van der Waals surface area (Å²) in [6.07, 6.45) is 1.94. The molecule has 0 saturated carbocycles. The SMILES string of the molecule is COc1ccc(NC(=O)C(C)n2ccc3cc(C)ccc32)cc1Cl. The van der Waals surface area contributed by atoms with Crippen LogP contribution in [-0.4, -0.2) is 17.6 Å². The molecule has 3 rings (SSSR count). The van der Waals surface area contributed by atoms with Gasteiger partial charge in [-0.1, -0.05) is 23.2 Å². The zero-order valence-corrected chi connectivity index (χ0v) is 14.6. The van der Waals surface area contributed by atoms with Crippen LogP contribution in [-0.2, 0) is 4.79 Å². The molecule has 3 aromatic rings. The Morgan fingerprint density at radius 3 is 2.71 bits per heavy atom. The molecule has 1 atom stereocenters. The molecule has 0 aliphatic rings. The second-order valence-corrected chi connectivity index (χ2v) is 6.21. The third-order valence-corrected chi connectivity index (χ3v) is 4.39. The Labute approximate surface area is 146 Å². The van der Waals surface area contributed by atoms with Crippen molar-refractivity contribution in [3.63, 3.8) is 0 Å². The van der Waals surface area contributed by atoms with E-state index in [0.717, 1.165) is 10.9 Å². The highest BCUT2D eigenvalue weighted by molar-refractivity contribution is 6.32. The average Bonchev–Trinajstić information content (AvgIpc) is 2.97. The lowest BCUT2D eigenvalue weighted by Gasteiger charge is -2.16. The molecule has 0 saturated heterocycles. The summed E-state index contributed by atoms with van der Waals surface area (Å²) in [5.41, 5.74) is 2.88. The van der Waals surface area contributed by atoms with Crippen LogP contribution in [0.15, 0.2) is 48.7 Å². The number of methoxy groups -OCH3 is 1. The van der Waals surface area contributed by atoms with Crippen molar-refractivity contribution in [2.24, 2.45) is 0 Å². The van der Waals surface area contributed by atoms with Crippen LogP contribution in [0.3, 0.4) is 0 Å². The molecule has 1 heterocycles. The number of hydrogen-bond donors (Lipinski definition) is 1. The van der Waals surface area contributed by atoms with E-state index in [4.69, 9.17) is 16.3 Å². The van der Waals surface area contributed by atoms with Crippen molar-refractivity contribution in [3.8, 4) is 5.75 Å². The molecule has 0 radical (unpaired) electrons. The van der Waals surface area contributed by atoms with Crippen molar-refractivity contribution in [2.45, 2.75) is 19.9 Å². The molecule has 0 bridgehead atoms. The van der Waals surface area contributed by atoms with Gasteiger partial charge in [0.1, 0.15) is 11.8 Å². The van der Waals surface area contributed by atoms with E-state index in [1.54, 1.807) is 25.3 Å². The Balaban J connectivity index is 1.82. The molecule has 5 heteroatoms. The maximum absolute atomic E-state index is 12.6. The fourth-order valence-electron chi connectivity index (χ4n) is 2.74. The third kappa shape index (κ3) is 3.10. The summed E-state index contributed by atoms with van der Waals surface area (Å²) in [4.78, 5) is 12.6. The predicted molar refractivity (Wildman–Crippen MR) is 98.0 cm³/mol. The number of carbonyl (C=O) groups is 1. The van der Waals surface area contributed by atoms with Crippen LogP contribution < -0.4 is 10.1 Å². The molecule has 0 fully saturated rings. The number of benzene rings is 2. The lowest BCUT2D eigenvalue weighted by atomic mass is 10.2. The van der Waals surface area contributed by atoms with Crippen LogP contribution >= 0.6 is 11.6 Å². The maximum atomic E-state index is 12.6. The first-order chi connectivity index (χ1) is 11.5. The second-order valence-electron chi connectivity index (χ2n) is 5.80. The van der Waals surface area contributed by atoms with E-state index in [2.05, 4.69) is 18.3 Å². The normalized spacial score (nSPS) is 12.2. The quantitative estimate of drug-likeness (QED) is 0.739. The van der Waals surface area contributed by atoms with E-state index in [-0.39, 0.29) is 11.9 Å². The summed E-state index contributed by atoms with van der Waals surface area (Å²) in [6.45, 7) is 3.93. The van der Waals surface area contributed by atoms with Crippen LogP contribution in [0.1, 0.15) is 18.5 Å². The zero-order valence-electron chi connectivity index (χ0n) is 13.8. The number of nitrogens with one attached hydrogen (secondary N) is 1. The molecular weight excluding hydrogens is 324 g/mol. The van der Waals surface area contributed by atoms with Gasteiger partial charge in [-0.2, -0.15) is 0 Å². The number of ether oxygens (including phenoxy) is 1. The number of aryl methyl sites for hydroxylation is 1. The van der Waals surface area contributed by atoms with Gasteiger partial charge in [0.15, 0.2) is 0 Å². The molecular formula is C19H19ClN2O2. The van der Waals surface area contributed by atoms with Gasteiger partial charge in [0.05, 0.1) is 12.1 Å². The monoisotopic (exact) mass is 342 g/mol. The number of carbonyl (C=O) groups excluding carboxylic acids is 1. The van der Waals surface area contributed by atoms with Gasteiger partial charge in [0.2, 0.25) is 5.91 Å². The predicted octanol–water partition coefficient (Wildman–Crippen LogP) is 4.81. The number of rotatable bonds is 4. The van der Waals surface area contributed by atoms with Crippen LogP contribution in [0.25, 0.3) is 10.9 Å². The van der Waals surface area contributed by atoms with Gasteiger partial charge in [-0.05, 0) is 55.6 Å². The minimum atomic E-state index is -0.342. The summed E-state index contributed by atoms with van der Waals surface area (Å²) in [5, 5.41) is 4.49. The number of anilines is 1. The van der Waals surface area contributed by atoms with Gasteiger partial charge in [-0.3, -0.25) is 4.79 Å². The number of fused-ring (bicyclic) bond motifs is 1.